The van der Waals surface area contributed by atoms with Gasteiger partial charge in [-0.15, -0.1) is 5.10 Å². The summed E-state index contributed by atoms with van der Waals surface area (Å²) in [5.41, 5.74) is 6.99. The number of halogens is 1. The summed E-state index contributed by atoms with van der Waals surface area (Å²) < 4.78 is 15.3. The molecule has 2 atom stereocenters. The van der Waals surface area contributed by atoms with E-state index in [1.165, 1.54) is 31.4 Å². The molecular formula is C14H18FN5. The molecule has 2 unspecified atom stereocenters. The first-order chi connectivity index (χ1) is 9.66. The maximum Gasteiger partial charge on any atom is 0.184 e. The summed E-state index contributed by atoms with van der Waals surface area (Å²) in [6.07, 6.45) is 4.64. The van der Waals surface area contributed by atoms with E-state index in [-0.39, 0.29) is 11.9 Å². The van der Waals surface area contributed by atoms with Crippen LogP contribution in [0.2, 0.25) is 0 Å². The fourth-order valence-corrected chi connectivity index (χ4v) is 2.98. The Bertz CT molecular complexity index is 609. The molecule has 1 aliphatic carbocycles. The molecule has 1 fully saturated rings. The lowest BCUT2D eigenvalue weighted by Gasteiger charge is -2.29. The lowest BCUT2D eigenvalue weighted by Crippen LogP contribution is -2.23. The monoisotopic (exact) mass is 275 g/mol. The van der Waals surface area contributed by atoms with Crippen LogP contribution in [0.5, 0.6) is 0 Å². The number of aromatic nitrogens is 4. The van der Waals surface area contributed by atoms with Gasteiger partial charge in [0.1, 0.15) is 5.82 Å². The van der Waals surface area contributed by atoms with Gasteiger partial charge in [0, 0.05) is 11.3 Å². The maximum absolute atomic E-state index is 13.5. The minimum atomic E-state index is -0.333. The van der Waals surface area contributed by atoms with E-state index in [9.17, 15) is 4.39 Å². The number of tetrazole rings is 1. The Balaban J connectivity index is 2.03. The normalized spacial score (nSPS) is 22.9. The predicted octanol–water partition coefficient (Wildman–Crippen LogP) is 2.81. The molecule has 1 aromatic heterocycles. The number of hydrogen-bond acceptors (Lipinski definition) is 4. The van der Waals surface area contributed by atoms with E-state index in [2.05, 4.69) is 22.4 Å². The van der Waals surface area contributed by atoms with Gasteiger partial charge in [0.15, 0.2) is 5.82 Å². The van der Waals surface area contributed by atoms with Crippen molar-refractivity contribution in [2.45, 2.75) is 38.6 Å². The predicted molar refractivity (Wildman–Crippen MR) is 74.3 cm³/mol. The summed E-state index contributed by atoms with van der Waals surface area (Å²) >= 11 is 0. The second-order valence-corrected chi connectivity index (χ2v) is 5.51. The standard InChI is InChI=1S/C14H18FN5/c1-9-4-2-3-5-13(9)20-14(17-18-19-20)11-8-10(15)6-7-12(11)16/h6-9,13H,2-5,16H2,1H3. The van der Waals surface area contributed by atoms with Gasteiger partial charge in [-0.2, -0.15) is 0 Å². The Morgan fingerprint density at radius 3 is 2.90 bits per heavy atom. The maximum atomic E-state index is 13.5. The number of hydrogen-bond donors (Lipinski definition) is 1. The Labute approximate surface area is 117 Å². The Hall–Kier alpha value is -1.98. The summed E-state index contributed by atoms with van der Waals surface area (Å²) in [5.74, 6) is 0.738. The number of nitrogens with two attached hydrogens (primary N) is 1. The smallest absolute Gasteiger partial charge is 0.184 e. The highest BCUT2D eigenvalue weighted by Gasteiger charge is 2.27. The third kappa shape index (κ3) is 2.26. The molecule has 106 valence electrons. The summed E-state index contributed by atoms with van der Waals surface area (Å²) in [7, 11) is 0. The van der Waals surface area contributed by atoms with E-state index in [0.717, 1.165) is 6.42 Å². The van der Waals surface area contributed by atoms with Gasteiger partial charge in [-0.25, -0.2) is 9.07 Å². The molecule has 0 amide bonds. The van der Waals surface area contributed by atoms with Gasteiger partial charge in [-0.3, -0.25) is 0 Å². The van der Waals surface area contributed by atoms with Gasteiger partial charge in [-0.05, 0) is 47.4 Å². The van der Waals surface area contributed by atoms with Crippen molar-refractivity contribution in [1.29, 1.82) is 0 Å². The van der Waals surface area contributed by atoms with Crippen molar-refractivity contribution in [3.63, 3.8) is 0 Å². The molecule has 2 aromatic rings. The number of rotatable bonds is 2. The minimum Gasteiger partial charge on any atom is -0.398 e. The summed E-state index contributed by atoms with van der Waals surface area (Å²) in [6, 6.07) is 4.55. The topological polar surface area (TPSA) is 69.6 Å². The molecule has 1 heterocycles. The first-order valence-corrected chi connectivity index (χ1v) is 7.00. The molecule has 0 saturated heterocycles. The van der Waals surface area contributed by atoms with Gasteiger partial charge in [0.25, 0.3) is 0 Å². The Morgan fingerprint density at radius 1 is 1.30 bits per heavy atom. The summed E-state index contributed by atoms with van der Waals surface area (Å²) in [4.78, 5) is 0. The molecule has 1 aliphatic rings. The zero-order chi connectivity index (χ0) is 14.1. The van der Waals surface area contributed by atoms with Crippen LogP contribution in [0.25, 0.3) is 11.4 Å². The van der Waals surface area contributed by atoms with Crippen LogP contribution in [0.1, 0.15) is 38.6 Å². The number of nitrogens with zero attached hydrogens (tertiary/aromatic N) is 4. The molecule has 1 saturated carbocycles. The van der Waals surface area contributed by atoms with Crippen LogP contribution in [0.3, 0.4) is 0 Å². The van der Waals surface area contributed by atoms with Crippen LogP contribution in [0.4, 0.5) is 10.1 Å². The van der Waals surface area contributed by atoms with Gasteiger partial charge in [0.05, 0.1) is 6.04 Å². The first kappa shape index (κ1) is 13.0. The van der Waals surface area contributed by atoms with E-state index < -0.39 is 0 Å². The van der Waals surface area contributed by atoms with Gasteiger partial charge >= 0.3 is 0 Å². The van der Waals surface area contributed by atoms with Gasteiger partial charge in [0.2, 0.25) is 0 Å². The van der Waals surface area contributed by atoms with Crippen LogP contribution in [0, 0.1) is 11.7 Å². The fourth-order valence-electron chi connectivity index (χ4n) is 2.98. The minimum absolute atomic E-state index is 0.261. The third-order valence-electron chi connectivity index (χ3n) is 4.13. The average molecular weight is 275 g/mol. The molecule has 20 heavy (non-hydrogen) atoms. The number of benzene rings is 1. The quantitative estimate of drug-likeness (QED) is 0.856. The van der Waals surface area contributed by atoms with Crippen molar-refractivity contribution in [1.82, 2.24) is 20.2 Å². The largest absolute Gasteiger partial charge is 0.398 e. The van der Waals surface area contributed by atoms with Gasteiger partial charge < -0.3 is 5.73 Å². The molecule has 1 aromatic carbocycles. The highest BCUT2D eigenvalue weighted by atomic mass is 19.1. The first-order valence-electron chi connectivity index (χ1n) is 7.00. The molecular weight excluding hydrogens is 257 g/mol. The van der Waals surface area contributed by atoms with Crippen LogP contribution in [0.15, 0.2) is 18.2 Å². The number of nitrogen functional groups attached to an aromatic ring is 1. The second kappa shape index (κ2) is 5.19. The molecule has 6 heteroatoms. The van der Waals surface area contributed by atoms with Crippen LogP contribution in [-0.4, -0.2) is 20.2 Å². The van der Waals surface area contributed by atoms with Crippen molar-refractivity contribution in [3.05, 3.63) is 24.0 Å². The van der Waals surface area contributed by atoms with Crippen molar-refractivity contribution in [2.24, 2.45) is 5.92 Å². The molecule has 2 N–H and O–H groups in total. The Kier molecular flexibility index (Phi) is 3.38. The molecule has 0 spiro atoms. The Morgan fingerprint density at radius 2 is 2.10 bits per heavy atom. The highest BCUT2D eigenvalue weighted by molar-refractivity contribution is 5.71. The van der Waals surface area contributed by atoms with Crippen LogP contribution < -0.4 is 5.73 Å². The summed E-state index contributed by atoms with van der Waals surface area (Å²) in [5, 5.41) is 11.9. The van der Waals surface area contributed by atoms with Crippen molar-refractivity contribution in [2.75, 3.05) is 5.73 Å². The summed E-state index contributed by atoms with van der Waals surface area (Å²) in [6.45, 7) is 2.21. The number of anilines is 1. The van der Waals surface area contributed by atoms with Crippen LogP contribution in [-0.2, 0) is 0 Å². The van der Waals surface area contributed by atoms with E-state index >= 15 is 0 Å². The van der Waals surface area contributed by atoms with Crippen molar-refractivity contribution in [3.8, 4) is 11.4 Å². The average Bonchev–Trinajstić information content (AvgIpc) is 2.91. The molecule has 0 aliphatic heterocycles. The lowest BCUT2D eigenvalue weighted by molar-refractivity contribution is 0.239. The third-order valence-corrected chi connectivity index (χ3v) is 4.13. The molecule has 0 bridgehead atoms. The van der Waals surface area contributed by atoms with Crippen LogP contribution >= 0.6 is 0 Å². The highest BCUT2D eigenvalue weighted by Crippen LogP contribution is 2.36. The molecule has 5 nitrogen and oxygen atoms in total. The van der Waals surface area contributed by atoms with E-state index in [1.54, 1.807) is 6.07 Å². The van der Waals surface area contributed by atoms with E-state index in [1.807, 2.05) is 4.68 Å². The van der Waals surface area contributed by atoms with E-state index in [4.69, 9.17) is 5.73 Å². The van der Waals surface area contributed by atoms with Crippen molar-refractivity contribution < 1.29 is 4.39 Å². The SMILES string of the molecule is CC1CCCCC1n1nnnc1-c1cc(F)ccc1N. The fraction of sp³-hybridized carbons (Fsp3) is 0.500. The zero-order valence-electron chi connectivity index (χ0n) is 11.5. The second-order valence-electron chi connectivity index (χ2n) is 5.51. The lowest BCUT2D eigenvalue weighted by atomic mass is 9.86. The molecule has 0 radical (unpaired) electrons. The van der Waals surface area contributed by atoms with E-state index in [0.29, 0.717) is 23.0 Å². The molecule has 3 rings (SSSR count). The van der Waals surface area contributed by atoms with Crippen molar-refractivity contribution >= 4 is 5.69 Å². The zero-order valence-corrected chi connectivity index (χ0v) is 11.5. The van der Waals surface area contributed by atoms with Gasteiger partial charge in [-0.1, -0.05) is 19.8 Å².